The lowest BCUT2D eigenvalue weighted by molar-refractivity contribution is 0.597. The summed E-state index contributed by atoms with van der Waals surface area (Å²) in [4.78, 5) is 0. The van der Waals surface area contributed by atoms with Crippen molar-refractivity contribution in [2.45, 2.75) is 45.1 Å². The number of halogens is 1. The zero-order valence-electron chi connectivity index (χ0n) is 9.60. The van der Waals surface area contributed by atoms with Gasteiger partial charge in [0.05, 0.1) is 5.69 Å². The third kappa shape index (κ3) is 2.71. The maximum Gasteiger partial charge on any atom is 0.146 e. The van der Waals surface area contributed by atoms with Gasteiger partial charge in [-0.1, -0.05) is 6.07 Å². The highest BCUT2D eigenvalue weighted by Crippen LogP contribution is 2.40. The van der Waals surface area contributed by atoms with Crippen LogP contribution < -0.4 is 5.32 Å². The monoisotopic (exact) mass is 207 g/mol. The largest absolute Gasteiger partial charge is 0.378 e. The predicted molar refractivity (Wildman–Crippen MR) is 61.8 cm³/mol. The molecule has 0 spiro atoms. The Morgan fingerprint density at radius 1 is 1.27 bits per heavy atom. The summed E-state index contributed by atoms with van der Waals surface area (Å²) in [5.41, 5.74) is 1.65. The van der Waals surface area contributed by atoms with Crippen molar-refractivity contribution in [3.63, 3.8) is 0 Å². The lowest BCUT2D eigenvalue weighted by atomic mass is 10.1. The molecule has 1 N–H and O–H groups in total. The normalized spacial score (nSPS) is 16.5. The van der Waals surface area contributed by atoms with Gasteiger partial charge in [0.2, 0.25) is 0 Å². The predicted octanol–water partition coefficient (Wildman–Crippen LogP) is 3.91. The molecular weight excluding hydrogens is 189 g/mol. The summed E-state index contributed by atoms with van der Waals surface area (Å²) < 4.78 is 13.7. The average Bonchev–Trinajstić information content (AvgIpc) is 2.89. The van der Waals surface area contributed by atoms with Crippen LogP contribution in [-0.2, 0) is 0 Å². The van der Waals surface area contributed by atoms with Crippen LogP contribution in [0, 0.1) is 5.82 Å². The Hall–Kier alpha value is -1.05. The topological polar surface area (TPSA) is 12.0 Å². The van der Waals surface area contributed by atoms with Crippen LogP contribution in [0.3, 0.4) is 0 Å². The number of anilines is 1. The molecule has 1 saturated carbocycles. The van der Waals surface area contributed by atoms with E-state index in [0.29, 0.717) is 11.6 Å². The summed E-state index contributed by atoms with van der Waals surface area (Å²) >= 11 is 0. The zero-order chi connectivity index (χ0) is 11.1. The average molecular weight is 207 g/mol. The minimum atomic E-state index is -0.130. The smallest absolute Gasteiger partial charge is 0.146 e. The van der Waals surface area contributed by atoms with Gasteiger partial charge >= 0.3 is 0 Å². The fourth-order valence-corrected chi connectivity index (χ4v) is 1.71. The van der Waals surface area contributed by atoms with Gasteiger partial charge < -0.3 is 5.32 Å². The molecule has 0 aromatic heterocycles. The number of hydrogen-bond acceptors (Lipinski definition) is 1. The van der Waals surface area contributed by atoms with Crippen LogP contribution in [0.15, 0.2) is 18.2 Å². The molecule has 0 bridgehead atoms. The highest BCUT2D eigenvalue weighted by Gasteiger charge is 2.24. The molecule has 82 valence electrons. The molecule has 1 aliphatic rings. The van der Waals surface area contributed by atoms with Crippen LogP contribution in [0.25, 0.3) is 0 Å². The third-order valence-electron chi connectivity index (χ3n) is 2.55. The Morgan fingerprint density at radius 3 is 2.40 bits per heavy atom. The van der Waals surface area contributed by atoms with Crippen LogP contribution in [0.5, 0.6) is 0 Å². The molecule has 0 atom stereocenters. The number of benzene rings is 1. The van der Waals surface area contributed by atoms with Gasteiger partial charge in [-0.3, -0.25) is 0 Å². The molecule has 1 aromatic rings. The van der Waals surface area contributed by atoms with Crippen LogP contribution >= 0.6 is 0 Å². The van der Waals surface area contributed by atoms with E-state index in [1.54, 1.807) is 6.07 Å². The zero-order valence-corrected chi connectivity index (χ0v) is 9.60. The molecule has 1 fully saturated rings. The lowest BCUT2D eigenvalue weighted by Crippen LogP contribution is -2.26. The number of rotatable bonds is 2. The number of nitrogens with one attached hydrogen (secondary N) is 1. The molecule has 2 rings (SSSR count). The lowest BCUT2D eigenvalue weighted by Gasteiger charge is -2.22. The van der Waals surface area contributed by atoms with Gasteiger partial charge in [0, 0.05) is 5.54 Å². The van der Waals surface area contributed by atoms with E-state index >= 15 is 0 Å². The minimum Gasteiger partial charge on any atom is -0.378 e. The summed E-state index contributed by atoms with van der Waals surface area (Å²) in [6, 6.07) is 5.56. The van der Waals surface area contributed by atoms with Crippen LogP contribution in [0.4, 0.5) is 10.1 Å². The molecule has 0 radical (unpaired) electrons. The van der Waals surface area contributed by atoms with Crippen LogP contribution in [0.2, 0.25) is 0 Å². The van der Waals surface area contributed by atoms with E-state index in [1.807, 2.05) is 32.9 Å². The van der Waals surface area contributed by atoms with Crippen molar-refractivity contribution in [3.8, 4) is 0 Å². The minimum absolute atomic E-state index is 0.0953. The van der Waals surface area contributed by atoms with E-state index in [4.69, 9.17) is 0 Å². The maximum absolute atomic E-state index is 13.7. The highest BCUT2D eigenvalue weighted by molar-refractivity contribution is 5.49. The second-order valence-corrected chi connectivity index (χ2v) is 5.39. The fourth-order valence-electron chi connectivity index (χ4n) is 1.71. The first-order chi connectivity index (χ1) is 6.96. The van der Waals surface area contributed by atoms with Crippen LogP contribution in [0.1, 0.15) is 45.1 Å². The van der Waals surface area contributed by atoms with Crippen molar-refractivity contribution in [2.24, 2.45) is 0 Å². The molecule has 1 nitrogen and oxygen atoms in total. The molecule has 15 heavy (non-hydrogen) atoms. The van der Waals surface area contributed by atoms with Crippen molar-refractivity contribution in [1.29, 1.82) is 0 Å². The van der Waals surface area contributed by atoms with Gasteiger partial charge in [0.15, 0.2) is 0 Å². The van der Waals surface area contributed by atoms with Gasteiger partial charge in [0.1, 0.15) is 5.82 Å². The van der Waals surface area contributed by atoms with Gasteiger partial charge in [-0.15, -0.1) is 0 Å². The standard InChI is InChI=1S/C13H18FN/c1-13(2,3)15-12-7-6-10(8-11(12)14)9-4-5-9/h6-9,15H,4-5H2,1-3H3. The van der Waals surface area contributed by atoms with Gasteiger partial charge in [-0.2, -0.15) is 0 Å². The summed E-state index contributed by atoms with van der Waals surface area (Å²) in [6.45, 7) is 6.09. The summed E-state index contributed by atoms with van der Waals surface area (Å²) in [5, 5.41) is 3.16. The van der Waals surface area contributed by atoms with Crippen molar-refractivity contribution in [3.05, 3.63) is 29.6 Å². The molecule has 0 unspecified atom stereocenters. The molecular formula is C13H18FN. The van der Waals surface area contributed by atoms with E-state index in [0.717, 1.165) is 5.56 Å². The van der Waals surface area contributed by atoms with E-state index < -0.39 is 0 Å². The van der Waals surface area contributed by atoms with E-state index in [2.05, 4.69) is 5.32 Å². The van der Waals surface area contributed by atoms with E-state index in [9.17, 15) is 4.39 Å². The quantitative estimate of drug-likeness (QED) is 0.775. The molecule has 0 heterocycles. The third-order valence-corrected chi connectivity index (χ3v) is 2.55. The van der Waals surface area contributed by atoms with E-state index in [-0.39, 0.29) is 11.4 Å². The Balaban J connectivity index is 2.18. The summed E-state index contributed by atoms with van der Waals surface area (Å²) in [6.07, 6.45) is 2.43. The van der Waals surface area contributed by atoms with Crippen molar-refractivity contribution in [2.75, 3.05) is 5.32 Å². The summed E-state index contributed by atoms with van der Waals surface area (Å²) in [5.74, 6) is 0.484. The molecule has 1 aliphatic carbocycles. The van der Waals surface area contributed by atoms with Crippen LogP contribution in [-0.4, -0.2) is 5.54 Å². The SMILES string of the molecule is CC(C)(C)Nc1ccc(C2CC2)cc1F. The maximum atomic E-state index is 13.7. The Labute approximate surface area is 90.7 Å². The molecule has 0 saturated heterocycles. The molecule has 0 amide bonds. The van der Waals surface area contributed by atoms with E-state index in [1.165, 1.54) is 12.8 Å². The molecule has 0 aliphatic heterocycles. The Morgan fingerprint density at radius 2 is 1.93 bits per heavy atom. The van der Waals surface area contributed by atoms with Gasteiger partial charge in [0.25, 0.3) is 0 Å². The second-order valence-electron chi connectivity index (χ2n) is 5.39. The first-order valence-corrected chi connectivity index (χ1v) is 5.53. The van der Waals surface area contributed by atoms with Crippen molar-refractivity contribution in [1.82, 2.24) is 0 Å². The Bertz CT molecular complexity index is 361. The fraction of sp³-hybridized carbons (Fsp3) is 0.538. The van der Waals surface area contributed by atoms with Crippen molar-refractivity contribution >= 4 is 5.69 Å². The molecule has 2 heteroatoms. The Kier molecular flexibility index (Phi) is 2.45. The summed E-state index contributed by atoms with van der Waals surface area (Å²) in [7, 11) is 0. The second kappa shape index (κ2) is 3.51. The van der Waals surface area contributed by atoms with Crippen molar-refractivity contribution < 1.29 is 4.39 Å². The highest BCUT2D eigenvalue weighted by atomic mass is 19.1. The first kappa shape index (κ1) is 10.5. The van der Waals surface area contributed by atoms with Gasteiger partial charge in [-0.25, -0.2) is 4.39 Å². The first-order valence-electron chi connectivity index (χ1n) is 5.53. The van der Waals surface area contributed by atoms with Gasteiger partial charge in [-0.05, 0) is 57.2 Å². The number of hydrogen-bond donors (Lipinski definition) is 1. The molecule has 1 aromatic carbocycles.